The minimum absolute atomic E-state index is 0.00605. The zero-order valence-corrected chi connectivity index (χ0v) is 13.6. The number of aryl methyl sites for hydroxylation is 1. The number of fused-ring (bicyclic) bond motifs is 1. The van der Waals surface area contributed by atoms with Gasteiger partial charge in [0.2, 0.25) is 0 Å². The lowest BCUT2D eigenvalue weighted by molar-refractivity contribution is 0.102. The number of carbonyl (C=O) groups excluding carboxylic acids is 1. The van der Waals surface area contributed by atoms with Crippen molar-refractivity contribution in [2.75, 3.05) is 5.32 Å². The van der Waals surface area contributed by atoms with Gasteiger partial charge in [0, 0.05) is 23.1 Å². The molecule has 0 aliphatic carbocycles. The molecule has 0 saturated heterocycles. The van der Waals surface area contributed by atoms with E-state index in [1.807, 2.05) is 0 Å². The predicted octanol–water partition coefficient (Wildman–Crippen LogP) is 3.09. The topological polar surface area (TPSA) is 64.0 Å². The van der Waals surface area contributed by atoms with Crippen LogP contribution in [0.15, 0.2) is 51.9 Å². The minimum Gasteiger partial charge on any atom is -0.319 e. The first kappa shape index (κ1) is 15.4. The van der Waals surface area contributed by atoms with E-state index in [1.54, 1.807) is 24.4 Å². The van der Waals surface area contributed by atoms with Crippen LogP contribution in [-0.2, 0) is 7.05 Å². The number of nitrogens with one attached hydrogen (secondary N) is 1. The fraction of sp³-hybridized carbons (Fsp3) is 0.0625. The number of carbonyl (C=O) groups is 1. The van der Waals surface area contributed by atoms with Gasteiger partial charge >= 0.3 is 0 Å². The van der Waals surface area contributed by atoms with Gasteiger partial charge in [-0.05, 0) is 36.4 Å². The highest BCUT2D eigenvalue weighted by atomic mass is 79.9. The van der Waals surface area contributed by atoms with E-state index in [9.17, 15) is 14.0 Å². The molecular formula is C16H11BrFN3O2. The van der Waals surface area contributed by atoms with E-state index in [4.69, 9.17) is 0 Å². The van der Waals surface area contributed by atoms with Gasteiger partial charge in [0.1, 0.15) is 17.0 Å². The van der Waals surface area contributed by atoms with Crippen molar-refractivity contribution in [1.29, 1.82) is 0 Å². The van der Waals surface area contributed by atoms with Gasteiger partial charge in [-0.1, -0.05) is 15.9 Å². The summed E-state index contributed by atoms with van der Waals surface area (Å²) in [6.07, 6.45) is 1.57. The summed E-state index contributed by atoms with van der Waals surface area (Å²) in [6, 6.07) is 9.17. The highest BCUT2D eigenvalue weighted by Gasteiger charge is 2.16. The second kappa shape index (κ2) is 5.92. The number of benzene rings is 1. The Morgan fingerprint density at radius 3 is 2.83 bits per heavy atom. The maximum atomic E-state index is 13.8. The number of hydrogen-bond donors (Lipinski definition) is 1. The van der Waals surface area contributed by atoms with Crippen LogP contribution in [0.1, 0.15) is 10.4 Å². The summed E-state index contributed by atoms with van der Waals surface area (Å²) in [6.45, 7) is 0. The third-order valence-electron chi connectivity index (χ3n) is 3.39. The van der Waals surface area contributed by atoms with Crippen LogP contribution in [0.4, 0.5) is 10.1 Å². The molecule has 0 bridgehead atoms. The van der Waals surface area contributed by atoms with Crippen LogP contribution in [-0.4, -0.2) is 15.5 Å². The average molecular weight is 376 g/mol. The van der Waals surface area contributed by atoms with E-state index in [0.29, 0.717) is 15.5 Å². The summed E-state index contributed by atoms with van der Waals surface area (Å²) in [5.74, 6) is -1.26. The van der Waals surface area contributed by atoms with Crippen LogP contribution in [0.5, 0.6) is 0 Å². The molecule has 1 N–H and O–H groups in total. The normalized spacial score (nSPS) is 10.7. The highest BCUT2D eigenvalue weighted by Crippen LogP contribution is 2.20. The fourth-order valence-electron chi connectivity index (χ4n) is 2.24. The summed E-state index contributed by atoms with van der Waals surface area (Å²) in [5.41, 5.74) is -0.0862. The van der Waals surface area contributed by atoms with Crippen LogP contribution in [0.3, 0.4) is 0 Å². The van der Waals surface area contributed by atoms with Gasteiger partial charge in [-0.2, -0.15) is 0 Å². The summed E-state index contributed by atoms with van der Waals surface area (Å²) in [5, 5.41) is 3.07. The third kappa shape index (κ3) is 2.87. The first-order valence-electron chi connectivity index (χ1n) is 6.68. The fourth-order valence-corrected chi connectivity index (χ4v) is 2.57. The minimum atomic E-state index is -0.669. The van der Waals surface area contributed by atoms with Crippen LogP contribution in [0.2, 0.25) is 0 Å². The monoisotopic (exact) mass is 375 g/mol. The summed E-state index contributed by atoms with van der Waals surface area (Å²) in [4.78, 5) is 28.8. The molecule has 2 aromatic heterocycles. The van der Waals surface area contributed by atoms with Crippen molar-refractivity contribution in [3.05, 3.63) is 68.8 Å². The quantitative estimate of drug-likeness (QED) is 0.748. The van der Waals surface area contributed by atoms with Gasteiger partial charge < -0.3 is 5.32 Å². The van der Waals surface area contributed by atoms with Crippen molar-refractivity contribution < 1.29 is 9.18 Å². The van der Waals surface area contributed by atoms with Crippen LogP contribution < -0.4 is 10.9 Å². The number of aromatic nitrogens is 2. The molecule has 116 valence electrons. The Hall–Kier alpha value is -2.54. The molecule has 0 atom stereocenters. The Kier molecular flexibility index (Phi) is 3.96. The zero-order valence-electron chi connectivity index (χ0n) is 12.0. The SMILES string of the molecule is Cn1c(=O)c(C(=O)Nc2ccc(Br)cc2F)cc2cccnc21. The molecule has 3 aromatic rings. The standard InChI is InChI=1S/C16H11BrFN3O2/c1-21-14-9(3-2-6-19-14)7-11(16(21)23)15(22)20-13-5-4-10(17)8-12(13)18/h2-8H,1H3,(H,20,22). The van der Waals surface area contributed by atoms with Crippen LogP contribution >= 0.6 is 15.9 Å². The molecule has 0 fully saturated rings. The third-order valence-corrected chi connectivity index (χ3v) is 3.89. The summed E-state index contributed by atoms with van der Waals surface area (Å²) < 4.78 is 15.7. The first-order chi connectivity index (χ1) is 11.0. The van der Waals surface area contributed by atoms with Gasteiger partial charge in [0.25, 0.3) is 11.5 Å². The van der Waals surface area contributed by atoms with Crippen molar-refractivity contribution in [2.24, 2.45) is 7.05 Å². The van der Waals surface area contributed by atoms with Crippen molar-refractivity contribution in [3.8, 4) is 0 Å². The van der Waals surface area contributed by atoms with E-state index in [0.717, 1.165) is 0 Å². The van der Waals surface area contributed by atoms with E-state index < -0.39 is 17.3 Å². The van der Waals surface area contributed by atoms with Crippen LogP contribution in [0.25, 0.3) is 11.0 Å². The molecule has 2 heterocycles. The molecule has 1 amide bonds. The molecule has 0 aliphatic heterocycles. The van der Waals surface area contributed by atoms with Gasteiger partial charge in [-0.15, -0.1) is 0 Å². The van der Waals surface area contributed by atoms with E-state index in [1.165, 1.54) is 29.8 Å². The average Bonchev–Trinajstić information content (AvgIpc) is 2.53. The molecule has 5 nitrogen and oxygen atoms in total. The predicted molar refractivity (Wildman–Crippen MR) is 89.0 cm³/mol. The Bertz CT molecular complexity index is 985. The van der Waals surface area contributed by atoms with E-state index in [-0.39, 0.29) is 11.3 Å². The lowest BCUT2D eigenvalue weighted by atomic mass is 10.2. The van der Waals surface area contributed by atoms with E-state index in [2.05, 4.69) is 26.2 Å². The molecule has 3 rings (SSSR count). The highest BCUT2D eigenvalue weighted by molar-refractivity contribution is 9.10. The molecule has 1 aromatic carbocycles. The number of hydrogen-bond acceptors (Lipinski definition) is 3. The Labute approximate surface area is 138 Å². The Morgan fingerprint density at radius 1 is 1.30 bits per heavy atom. The van der Waals surface area contributed by atoms with E-state index >= 15 is 0 Å². The second-order valence-electron chi connectivity index (χ2n) is 4.92. The smallest absolute Gasteiger partial charge is 0.264 e. The van der Waals surface area contributed by atoms with Crippen molar-refractivity contribution in [1.82, 2.24) is 9.55 Å². The number of rotatable bonds is 2. The number of pyridine rings is 2. The lowest BCUT2D eigenvalue weighted by Crippen LogP contribution is -2.28. The van der Waals surface area contributed by atoms with Gasteiger partial charge in [-0.3, -0.25) is 14.2 Å². The Balaban J connectivity index is 2.04. The van der Waals surface area contributed by atoms with Crippen LogP contribution in [0, 0.1) is 5.82 Å². The molecule has 0 spiro atoms. The summed E-state index contributed by atoms with van der Waals surface area (Å²) >= 11 is 3.14. The second-order valence-corrected chi connectivity index (χ2v) is 5.83. The van der Waals surface area contributed by atoms with Crippen molar-refractivity contribution in [3.63, 3.8) is 0 Å². The first-order valence-corrected chi connectivity index (χ1v) is 7.48. The van der Waals surface area contributed by atoms with Crippen molar-refractivity contribution >= 4 is 38.6 Å². The van der Waals surface area contributed by atoms with Gasteiger partial charge in [0.05, 0.1) is 5.69 Å². The number of amides is 1. The number of nitrogens with zero attached hydrogens (tertiary/aromatic N) is 2. The number of anilines is 1. The van der Waals surface area contributed by atoms with Crippen molar-refractivity contribution in [2.45, 2.75) is 0 Å². The van der Waals surface area contributed by atoms with Gasteiger partial charge in [0.15, 0.2) is 0 Å². The zero-order chi connectivity index (χ0) is 16.6. The van der Waals surface area contributed by atoms with Gasteiger partial charge in [-0.25, -0.2) is 9.37 Å². The summed E-state index contributed by atoms with van der Waals surface area (Å²) in [7, 11) is 1.54. The molecule has 0 saturated carbocycles. The lowest BCUT2D eigenvalue weighted by Gasteiger charge is -2.09. The largest absolute Gasteiger partial charge is 0.319 e. The molecule has 0 aliphatic rings. The maximum absolute atomic E-state index is 13.8. The Morgan fingerprint density at radius 2 is 2.09 bits per heavy atom. The number of halogens is 2. The molecule has 23 heavy (non-hydrogen) atoms. The molecule has 0 unspecified atom stereocenters. The molecular weight excluding hydrogens is 365 g/mol. The molecule has 0 radical (unpaired) electrons. The maximum Gasteiger partial charge on any atom is 0.264 e. The molecule has 7 heteroatoms.